The van der Waals surface area contributed by atoms with Crippen molar-refractivity contribution in [3.05, 3.63) is 90.2 Å². The molecule has 2 fully saturated rings. The van der Waals surface area contributed by atoms with Crippen molar-refractivity contribution in [2.45, 2.75) is 78.8 Å². The third-order valence-electron chi connectivity index (χ3n) is 12.3. The molecule has 2 aliphatic rings. The van der Waals surface area contributed by atoms with Crippen LogP contribution < -0.4 is 30.5 Å². The number of aryl methyl sites for hydroxylation is 1. The van der Waals surface area contributed by atoms with Gasteiger partial charge in [-0.05, 0) is 55.5 Å². The average Bonchev–Trinajstić information content (AvgIpc) is 4.11. The van der Waals surface area contributed by atoms with Crippen LogP contribution in [0.4, 0.5) is 22.2 Å². The van der Waals surface area contributed by atoms with E-state index in [-0.39, 0.29) is 43.8 Å². The standard InChI is InChI=1S/C50H60N14O8S/c1-30(2)72-49(70)60(7)35-18-34(21-51-22-35)38-12-13-41-56-40(26-64(41)59-38)57-42(66)27-61-14-16-62(17-15-61)48-53-23-37(24-54-48)71-28-43(67)58-45(50(4,5)6)47(69)63-25-36(65)19-39(63)46(68)52-20-32-8-10-33(11-9-32)44-31(3)55-29-73-44/h8-13,18,21-24,26,29-30,36,39,45,65H,14-17,19-20,25,27-28H2,1-7H3,(H,52,68)(H,57,66)(H,58,67)/t36-,39+,45-/m1/s1. The second-order valence-corrected chi connectivity index (χ2v) is 20.2. The Bertz CT molecular complexity index is 2930. The summed E-state index contributed by atoms with van der Waals surface area (Å²) in [7, 11) is 1.61. The quantitative estimate of drug-likeness (QED) is 0.107. The number of aromatic nitrogens is 7. The third kappa shape index (κ3) is 12.9. The maximum atomic E-state index is 14.1. The summed E-state index contributed by atoms with van der Waals surface area (Å²) < 4.78 is 12.6. The molecule has 384 valence electrons. The van der Waals surface area contributed by atoms with E-state index in [1.807, 2.05) is 61.8 Å². The van der Waals surface area contributed by atoms with Crippen LogP contribution in [0.15, 0.2) is 79.0 Å². The monoisotopic (exact) mass is 1020 g/mol. The van der Waals surface area contributed by atoms with Gasteiger partial charge in [-0.15, -0.1) is 11.3 Å². The van der Waals surface area contributed by atoms with Crippen molar-refractivity contribution in [3.63, 3.8) is 0 Å². The van der Waals surface area contributed by atoms with Gasteiger partial charge < -0.3 is 40.3 Å². The number of aliphatic hydroxyl groups excluding tert-OH is 1. The summed E-state index contributed by atoms with van der Waals surface area (Å²) in [4.78, 5) is 96.3. The van der Waals surface area contributed by atoms with Crippen LogP contribution in [0.2, 0.25) is 0 Å². The number of piperazine rings is 1. The highest BCUT2D eigenvalue weighted by molar-refractivity contribution is 7.13. The number of likely N-dealkylation sites (tertiary alicyclic amines) is 1. The molecule has 0 spiro atoms. The first-order chi connectivity index (χ1) is 34.9. The largest absolute Gasteiger partial charge is 0.481 e. The highest BCUT2D eigenvalue weighted by atomic mass is 32.1. The molecular formula is C50H60N14O8S. The minimum Gasteiger partial charge on any atom is -0.481 e. The van der Waals surface area contributed by atoms with Crippen LogP contribution in [-0.2, 0) is 30.5 Å². The van der Waals surface area contributed by atoms with Gasteiger partial charge in [0.15, 0.2) is 23.8 Å². The van der Waals surface area contributed by atoms with Crippen LogP contribution in [0.3, 0.4) is 0 Å². The number of nitrogens with zero attached hydrogens (tertiary/aromatic N) is 11. The number of nitrogens with one attached hydrogen (secondary N) is 3. The van der Waals surface area contributed by atoms with Gasteiger partial charge in [-0.3, -0.25) is 34.0 Å². The summed E-state index contributed by atoms with van der Waals surface area (Å²) in [6.45, 7) is 13.1. The van der Waals surface area contributed by atoms with Crippen LogP contribution in [0, 0.1) is 12.3 Å². The zero-order chi connectivity index (χ0) is 52.0. The molecule has 0 aliphatic carbocycles. The SMILES string of the molecule is Cc1ncsc1-c1ccc(CNC(=O)[C@@H]2C[C@@H](O)CN2C(=O)[C@@H](NC(=O)COc2cnc(N3CCN(CC(=O)Nc4cn5nc(-c6cncc(N(C)C(=O)OC(C)C)c6)ccc5n4)CC3)nc2)C(C)(C)C)cc1. The fraction of sp³-hybridized carbons (Fsp3) is 0.420. The van der Waals surface area contributed by atoms with Gasteiger partial charge in [0.05, 0.1) is 71.0 Å². The summed E-state index contributed by atoms with van der Waals surface area (Å²) in [6, 6.07) is 11.2. The summed E-state index contributed by atoms with van der Waals surface area (Å²) in [5.74, 6) is -0.608. The number of hydrogen-bond donors (Lipinski definition) is 4. The van der Waals surface area contributed by atoms with Crippen molar-refractivity contribution < 1.29 is 38.6 Å². The number of aliphatic hydroxyl groups is 1. The van der Waals surface area contributed by atoms with Crippen LogP contribution in [0.5, 0.6) is 5.75 Å². The lowest BCUT2D eigenvalue weighted by Gasteiger charge is -2.35. The molecule has 22 nitrogen and oxygen atoms in total. The Morgan fingerprint density at radius 3 is 2.36 bits per heavy atom. The molecule has 0 saturated carbocycles. The summed E-state index contributed by atoms with van der Waals surface area (Å²) in [6.07, 6.45) is 6.19. The molecule has 0 radical (unpaired) electrons. The van der Waals surface area contributed by atoms with Gasteiger partial charge in [-0.25, -0.2) is 29.2 Å². The number of imidazole rings is 1. The number of β-amino-alcohol motifs (C(OH)–C–C–N with tert-alkyl or cyclic N) is 1. The molecule has 1 aromatic carbocycles. The van der Waals surface area contributed by atoms with E-state index in [1.54, 1.807) is 79.0 Å². The molecule has 4 N–H and O–H groups in total. The molecule has 3 atom stereocenters. The van der Waals surface area contributed by atoms with Gasteiger partial charge in [0, 0.05) is 64.5 Å². The Morgan fingerprint density at radius 2 is 1.67 bits per heavy atom. The van der Waals surface area contributed by atoms with Crippen molar-refractivity contribution in [3.8, 4) is 27.4 Å². The van der Waals surface area contributed by atoms with Crippen LogP contribution in [0.25, 0.3) is 27.3 Å². The van der Waals surface area contributed by atoms with Gasteiger partial charge >= 0.3 is 6.09 Å². The number of carbonyl (C=O) groups is 5. The molecule has 2 saturated heterocycles. The molecular weight excluding hydrogens is 957 g/mol. The normalized spacial score (nSPS) is 16.6. The minimum absolute atomic E-state index is 0.0475. The fourth-order valence-electron chi connectivity index (χ4n) is 8.40. The number of benzene rings is 1. The summed E-state index contributed by atoms with van der Waals surface area (Å²) >= 11 is 1.56. The first-order valence-electron chi connectivity index (χ1n) is 23.9. The maximum absolute atomic E-state index is 14.1. The number of carbonyl (C=O) groups excluding carboxylic acids is 5. The van der Waals surface area contributed by atoms with Gasteiger partial charge in [-0.1, -0.05) is 45.0 Å². The number of thiazole rings is 1. The molecule has 0 bridgehead atoms. The van der Waals surface area contributed by atoms with E-state index in [4.69, 9.17) is 9.47 Å². The van der Waals surface area contributed by atoms with Crippen molar-refractivity contribution in [2.75, 3.05) is 68.0 Å². The van der Waals surface area contributed by atoms with E-state index < -0.39 is 54.0 Å². The molecule has 5 aromatic heterocycles. The maximum Gasteiger partial charge on any atom is 0.414 e. The Kier molecular flexibility index (Phi) is 15.9. The molecule has 23 heteroatoms. The number of anilines is 3. The topological polar surface area (TPSA) is 255 Å². The summed E-state index contributed by atoms with van der Waals surface area (Å²) in [5, 5.41) is 23.9. The van der Waals surface area contributed by atoms with Gasteiger partial charge in [0.25, 0.3) is 5.91 Å². The first kappa shape index (κ1) is 51.7. The van der Waals surface area contributed by atoms with Gasteiger partial charge in [0.1, 0.15) is 12.1 Å². The lowest BCUT2D eigenvalue weighted by Crippen LogP contribution is -2.58. The number of hydrogen-bond acceptors (Lipinski definition) is 17. The van der Waals surface area contributed by atoms with E-state index in [9.17, 15) is 29.1 Å². The van der Waals surface area contributed by atoms with Crippen molar-refractivity contribution >= 4 is 64.2 Å². The Balaban J connectivity index is 0.776. The zero-order valence-corrected chi connectivity index (χ0v) is 42.6. The number of fused-ring (bicyclic) bond motifs is 1. The summed E-state index contributed by atoms with van der Waals surface area (Å²) in [5.41, 5.74) is 6.26. The Labute approximate surface area is 426 Å². The highest BCUT2D eigenvalue weighted by Crippen LogP contribution is 2.29. The predicted molar refractivity (Wildman–Crippen MR) is 273 cm³/mol. The average molecular weight is 1020 g/mol. The molecule has 6 aromatic rings. The van der Waals surface area contributed by atoms with Crippen molar-refractivity contribution in [1.82, 2.24) is 55.0 Å². The first-order valence-corrected chi connectivity index (χ1v) is 24.8. The molecule has 2 aliphatic heterocycles. The van der Waals surface area contributed by atoms with Crippen molar-refractivity contribution in [1.29, 1.82) is 0 Å². The van der Waals surface area contributed by atoms with Crippen LogP contribution >= 0.6 is 11.3 Å². The van der Waals surface area contributed by atoms with Crippen molar-refractivity contribution in [2.24, 2.45) is 5.41 Å². The fourth-order valence-corrected chi connectivity index (χ4v) is 9.22. The van der Waals surface area contributed by atoms with E-state index in [1.165, 1.54) is 22.2 Å². The Hall–Kier alpha value is -7.63. The zero-order valence-electron chi connectivity index (χ0n) is 41.8. The lowest BCUT2D eigenvalue weighted by molar-refractivity contribution is -0.144. The molecule has 5 amide bonds. The third-order valence-corrected chi connectivity index (χ3v) is 13.3. The number of ether oxygens (including phenoxy) is 2. The van der Waals surface area contributed by atoms with E-state index in [2.05, 4.69) is 46.0 Å². The van der Waals surface area contributed by atoms with E-state index in [0.717, 1.165) is 21.7 Å². The number of amides is 5. The van der Waals surface area contributed by atoms with Gasteiger partial charge in [0.2, 0.25) is 23.7 Å². The van der Waals surface area contributed by atoms with Crippen LogP contribution in [-0.4, -0.2) is 156 Å². The predicted octanol–water partition coefficient (Wildman–Crippen LogP) is 3.94. The second-order valence-electron chi connectivity index (χ2n) is 19.3. The molecule has 0 unspecified atom stereocenters. The van der Waals surface area contributed by atoms with Gasteiger partial charge in [-0.2, -0.15) is 5.10 Å². The lowest BCUT2D eigenvalue weighted by atomic mass is 9.85. The smallest absolute Gasteiger partial charge is 0.414 e. The molecule has 73 heavy (non-hydrogen) atoms. The second kappa shape index (κ2) is 22.4. The van der Waals surface area contributed by atoms with E-state index in [0.29, 0.717) is 60.5 Å². The number of pyridine rings is 1. The number of rotatable bonds is 16. The molecule has 8 rings (SSSR count). The highest BCUT2D eigenvalue weighted by Gasteiger charge is 2.44. The molecule has 7 heterocycles. The minimum atomic E-state index is -1.03. The van der Waals surface area contributed by atoms with Crippen LogP contribution in [0.1, 0.15) is 52.3 Å². The Morgan fingerprint density at radius 1 is 0.932 bits per heavy atom. The van der Waals surface area contributed by atoms with E-state index >= 15 is 0 Å².